The van der Waals surface area contributed by atoms with Gasteiger partial charge in [0.05, 0.1) is 30.7 Å². The van der Waals surface area contributed by atoms with Gasteiger partial charge in [0.2, 0.25) is 0 Å². The molecule has 9 nitrogen and oxygen atoms in total. The summed E-state index contributed by atoms with van der Waals surface area (Å²) in [5.41, 5.74) is 0.0673. The first-order valence-electron chi connectivity index (χ1n) is 16.1. The van der Waals surface area contributed by atoms with Crippen LogP contribution in [-0.2, 0) is 15.9 Å². The van der Waals surface area contributed by atoms with Crippen LogP contribution in [0.25, 0.3) is 11.3 Å². The van der Waals surface area contributed by atoms with Crippen molar-refractivity contribution in [2.24, 2.45) is 0 Å². The number of nitrogens with zero attached hydrogens (tertiary/aromatic N) is 4. The Bertz CT molecular complexity index is 1510. The molecule has 0 spiro atoms. The summed E-state index contributed by atoms with van der Waals surface area (Å²) in [5, 5.41) is 11.7. The second kappa shape index (κ2) is 14.1. The fourth-order valence-electron chi connectivity index (χ4n) is 6.56. The monoisotopic (exact) mass is 656 g/mol. The molecule has 2 fully saturated rings. The fraction of sp³-hybridized carbons (Fsp3) is 0.514. The van der Waals surface area contributed by atoms with E-state index in [-0.39, 0.29) is 43.7 Å². The van der Waals surface area contributed by atoms with Gasteiger partial charge in [0.1, 0.15) is 17.8 Å². The summed E-state index contributed by atoms with van der Waals surface area (Å²) in [5.74, 6) is -0.333. The van der Waals surface area contributed by atoms with Crippen LogP contribution in [0.15, 0.2) is 67.0 Å². The third kappa shape index (κ3) is 8.53. The highest BCUT2D eigenvalue weighted by Gasteiger charge is 2.44. The molecule has 1 aromatic heterocycles. The van der Waals surface area contributed by atoms with Gasteiger partial charge in [-0.3, -0.25) is 4.79 Å². The van der Waals surface area contributed by atoms with Gasteiger partial charge in [-0.2, -0.15) is 13.2 Å². The number of hydrogen-bond donors (Lipinski definition) is 1. The number of halogens is 3. The van der Waals surface area contributed by atoms with E-state index in [0.29, 0.717) is 30.5 Å². The highest BCUT2D eigenvalue weighted by Crippen LogP contribution is 2.41. The lowest BCUT2D eigenvalue weighted by atomic mass is 9.80. The van der Waals surface area contributed by atoms with E-state index in [9.17, 15) is 27.9 Å². The molecule has 0 bridgehead atoms. The first-order chi connectivity index (χ1) is 22.2. The Kier molecular flexibility index (Phi) is 10.3. The highest BCUT2D eigenvalue weighted by molar-refractivity contribution is 5.98. The van der Waals surface area contributed by atoms with E-state index in [2.05, 4.69) is 4.98 Å². The molecule has 3 atom stereocenters. The molecule has 47 heavy (non-hydrogen) atoms. The minimum atomic E-state index is -4.52. The number of piperazine rings is 1. The number of ether oxygens (including phenoxy) is 2. The van der Waals surface area contributed by atoms with Crippen LogP contribution < -0.4 is 0 Å². The standard InChI is InChI=1S/C35H43F3N4O5/c1-33(2,3)47-32(44)40-18-19-41(27(21-40)20-25-12-6-4-7-13-25)31(43)29-30(26-14-8-5-9-15-26)42(24-39-29)28-16-10-11-17-34(28,45)22-46-23-35(36,37)38/h4-9,12-15,24,27-28,45H,10-11,16-23H2,1-3H3/t27-,28?,34?/m1/s1. The van der Waals surface area contributed by atoms with Crippen molar-refractivity contribution < 1.29 is 37.3 Å². The number of rotatable bonds is 8. The lowest BCUT2D eigenvalue weighted by Crippen LogP contribution is -2.58. The van der Waals surface area contributed by atoms with E-state index in [0.717, 1.165) is 12.0 Å². The molecular weight excluding hydrogens is 613 g/mol. The molecule has 3 aromatic rings. The summed E-state index contributed by atoms with van der Waals surface area (Å²) in [6, 6.07) is 17.9. The molecule has 1 saturated heterocycles. The Labute approximate surface area is 273 Å². The number of hydrogen-bond acceptors (Lipinski definition) is 6. The van der Waals surface area contributed by atoms with Gasteiger partial charge in [-0.05, 0) is 45.6 Å². The van der Waals surface area contributed by atoms with Crippen molar-refractivity contribution in [1.29, 1.82) is 0 Å². The first kappa shape index (κ1) is 34.4. The van der Waals surface area contributed by atoms with Crippen LogP contribution in [0.4, 0.5) is 18.0 Å². The third-order valence-electron chi connectivity index (χ3n) is 8.66. The zero-order valence-corrected chi connectivity index (χ0v) is 27.1. The Hall–Kier alpha value is -3.90. The minimum Gasteiger partial charge on any atom is -0.444 e. The molecule has 2 unspecified atom stereocenters. The fourth-order valence-corrected chi connectivity index (χ4v) is 6.56. The van der Waals surface area contributed by atoms with E-state index in [1.54, 1.807) is 14.4 Å². The van der Waals surface area contributed by atoms with Gasteiger partial charge in [-0.15, -0.1) is 0 Å². The predicted octanol–water partition coefficient (Wildman–Crippen LogP) is 6.28. The molecule has 2 aromatic carbocycles. The number of alkyl halides is 3. The molecule has 0 radical (unpaired) electrons. The van der Waals surface area contributed by atoms with Gasteiger partial charge in [-0.1, -0.05) is 73.5 Å². The van der Waals surface area contributed by atoms with Crippen LogP contribution in [0.5, 0.6) is 0 Å². The average molecular weight is 657 g/mol. The molecule has 2 heterocycles. The Balaban J connectivity index is 1.49. The van der Waals surface area contributed by atoms with Crippen molar-refractivity contribution in [3.05, 3.63) is 78.2 Å². The van der Waals surface area contributed by atoms with Gasteiger partial charge in [0, 0.05) is 25.2 Å². The van der Waals surface area contributed by atoms with Crippen molar-refractivity contribution in [3.63, 3.8) is 0 Å². The summed E-state index contributed by atoms with van der Waals surface area (Å²) in [6.07, 6.45) is -0.872. The number of imidazole rings is 1. The zero-order chi connectivity index (χ0) is 33.8. The number of aromatic nitrogens is 2. The van der Waals surface area contributed by atoms with Crippen molar-refractivity contribution in [3.8, 4) is 11.3 Å². The van der Waals surface area contributed by atoms with E-state index in [4.69, 9.17) is 9.47 Å². The summed E-state index contributed by atoms with van der Waals surface area (Å²) in [7, 11) is 0. The molecule has 5 rings (SSSR count). The largest absolute Gasteiger partial charge is 0.444 e. The lowest BCUT2D eigenvalue weighted by Gasteiger charge is -2.42. The van der Waals surface area contributed by atoms with E-state index in [1.165, 1.54) is 6.33 Å². The normalized spacial score (nSPS) is 22.3. The molecule has 2 aliphatic rings. The van der Waals surface area contributed by atoms with Gasteiger partial charge < -0.3 is 28.9 Å². The van der Waals surface area contributed by atoms with Crippen molar-refractivity contribution in [2.45, 2.75) is 82.3 Å². The SMILES string of the molecule is CC(C)(C)OC(=O)N1CCN(C(=O)c2ncn(C3CCCCC3(O)COCC(F)(F)F)c2-c2ccccc2)[C@H](Cc2ccccc2)C1. The Morgan fingerprint density at radius 1 is 1.00 bits per heavy atom. The van der Waals surface area contributed by atoms with Gasteiger partial charge >= 0.3 is 12.3 Å². The van der Waals surface area contributed by atoms with Crippen molar-refractivity contribution >= 4 is 12.0 Å². The number of carbonyl (C=O) groups excluding carboxylic acids is 2. The maximum absolute atomic E-state index is 14.5. The van der Waals surface area contributed by atoms with Crippen LogP contribution in [0, 0.1) is 0 Å². The number of amides is 2. The summed E-state index contributed by atoms with van der Waals surface area (Å²) < 4.78 is 51.2. The predicted molar refractivity (Wildman–Crippen MR) is 170 cm³/mol. The quantitative estimate of drug-likeness (QED) is 0.307. The Morgan fingerprint density at radius 3 is 2.34 bits per heavy atom. The molecular formula is C35H43F3N4O5. The summed E-state index contributed by atoms with van der Waals surface area (Å²) in [6.45, 7) is 4.24. The van der Waals surface area contributed by atoms with Crippen LogP contribution in [0.3, 0.4) is 0 Å². The molecule has 1 aliphatic carbocycles. The average Bonchev–Trinajstić information content (AvgIpc) is 3.45. The lowest BCUT2D eigenvalue weighted by molar-refractivity contribution is -0.193. The second-order valence-electron chi connectivity index (χ2n) is 13.5. The second-order valence-corrected chi connectivity index (χ2v) is 13.5. The van der Waals surface area contributed by atoms with E-state index in [1.807, 2.05) is 81.4 Å². The van der Waals surface area contributed by atoms with Gasteiger partial charge in [0.25, 0.3) is 5.91 Å². The zero-order valence-electron chi connectivity index (χ0n) is 27.1. The summed E-state index contributed by atoms with van der Waals surface area (Å²) in [4.78, 5) is 35.6. The topological polar surface area (TPSA) is 97.1 Å². The van der Waals surface area contributed by atoms with Crippen LogP contribution in [0.1, 0.15) is 68.5 Å². The molecule has 254 valence electrons. The number of aliphatic hydroxyl groups is 1. The number of benzene rings is 2. The molecule has 1 saturated carbocycles. The van der Waals surface area contributed by atoms with Gasteiger partial charge in [0.15, 0.2) is 5.69 Å². The van der Waals surface area contributed by atoms with Crippen molar-refractivity contribution in [1.82, 2.24) is 19.4 Å². The first-order valence-corrected chi connectivity index (χ1v) is 16.1. The third-order valence-corrected chi connectivity index (χ3v) is 8.66. The van der Waals surface area contributed by atoms with Crippen LogP contribution in [0.2, 0.25) is 0 Å². The number of carbonyl (C=O) groups is 2. The van der Waals surface area contributed by atoms with E-state index >= 15 is 0 Å². The minimum absolute atomic E-state index is 0.170. The summed E-state index contributed by atoms with van der Waals surface area (Å²) >= 11 is 0. The molecule has 12 heteroatoms. The molecule has 1 aliphatic heterocycles. The smallest absolute Gasteiger partial charge is 0.411 e. The van der Waals surface area contributed by atoms with E-state index < -0.39 is 42.7 Å². The maximum Gasteiger partial charge on any atom is 0.411 e. The Morgan fingerprint density at radius 2 is 1.68 bits per heavy atom. The molecule has 1 N–H and O–H groups in total. The highest BCUT2D eigenvalue weighted by atomic mass is 19.4. The molecule has 2 amide bonds. The van der Waals surface area contributed by atoms with Crippen LogP contribution in [-0.4, -0.2) is 92.7 Å². The maximum atomic E-state index is 14.5. The van der Waals surface area contributed by atoms with Crippen molar-refractivity contribution in [2.75, 3.05) is 32.8 Å². The van der Waals surface area contributed by atoms with Crippen LogP contribution >= 0.6 is 0 Å². The van der Waals surface area contributed by atoms with Gasteiger partial charge in [-0.25, -0.2) is 9.78 Å².